The number of rotatable bonds is 3. The molecule has 1 aromatic rings. The van der Waals surface area contributed by atoms with Gasteiger partial charge in [0.15, 0.2) is 0 Å². The van der Waals surface area contributed by atoms with Crippen LogP contribution in [0.5, 0.6) is 0 Å². The maximum Gasteiger partial charge on any atom is 0.0962 e. The van der Waals surface area contributed by atoms with Crippen molar-refractivity contribution in [3.8, 4) is 0 Å². The molecule has 0 spiro atoms. The van der Waals surface area contributed by atoms with Crippen LogP contribution in [0, 0.1) is 5.92 Å². The minimum atomic E-state index is 0. The average Bonchev–Trinajstić information content (AvgIpc) is 2.76. The molecule has 7 heteroatoms. The van der Waals surface area contributed by atoms with Gasteiger partial charge in [0.2, 0.25) is 0 Å². The van der Waals surface area contributed by atoms with E-state index in [1.807, 2.05) is 10.9 Å². The van der Waals surface area contributed by atoms with Gasteiger partial charge in [-0.3, -0.25) is 4.68 Å². The highest BCUT2D eigenvalue weighted by Crippen LogP contribution is 2.13. The SMILES string of the molecule is Cl.Cl.NCc1cn(CC2CCOC2)nn1. The van der Waals surface area contributed by atoms with Gasteiger partial charge in [-0.1, -0.05) is 5.21 Å². The summed E-state index contributed by atoms with van der Waals surface area (Å²) in [4.78, 5) is 0. The third-order valence-corrected chi connectivity index (χ3v) is 2.26. The summed E-state index contributed by atoms with van der Waals surface area (Å²) in [6.07, 6.45) is 3.02. The molecule has 1 fully saturated rings. The minimum absolute atomic E-state index is 0. The van der Waals surface area contributed by atoms with Gasteiger partial charge in [-0.2, -0.15) is 0 Å². The fourth-order valence-corrected chi connectivity index (χ4v) is 1.51. The Hall–Kier alpha value is -0.360. The molecule has 1 saturated heterocycles. The largest absolute Gasteiger partial charge is 0.381 e. The molecule has 0 saturated carbocycles. The van der Waals surface area contributed by atoms with Crippen molar-refractivity contribution in [1.29, 1.82) is 0 Å². The highest BCUT2D eigenvalue weighted by Gasteiger charge is 2.16. The molecule has 2 N–H and O–H groups in total. The molecule has 0 bridgehead atoms. The first-order valence-corrected chi connectivity index (χ1v) is 4.55. The summed E-state index contributed by atoms with van der Waals surface area (Å²) in [5.74, 6) is 0.590. The van der Waals surface area contributed by atoms with Gasteiger partial charge in [0.05, 0.1) is 12.3 Å². The topological polar surface area (TPSA) is 66.0 Å². The van der Waals surface area contributed by atoms with E-state index in [0.29, 0.717) is 12.5 Å². The van der Waals surface area contributed by atoms with E-state index in [1.165, 1.54) is 0 Å². The summed E-state index contributed by atoms with van der Waals surface area (Å²) in [6.45, 7) is 3.08. The summed E-state index contributed by atoms with van der Waals surface area (Å²) < 4.78 is 7.12. The van der Waals surface area contributed by atoms with Crippen LogP contribution in [0.2, 0.25) is 0 Å². The van der Waals surface area contributed by atoms with E-state index in [0.717, 1.165) is 31.9 Å². The second-order valence-corrected chi connectivity index (χ2v) is 3.37. The average molecular weight is 255 g/mol. The van der Waals surface area contributed by atoms with Crippen LogP contribution in [0.4, 0.5) is 0 Å². The van der Waals surface area contributed by atoms with Crippen molar-refractivity contribution < 1.29 is 4.74 Å². The predicted octanol–water partition coefficient (Wildman–Crippen LogP) is 0.617. The van der Waals surface area contributed by atoms with Crippen LogP contribution in [0.15, 0.2) is 6.20 Å². The molecule has 15 heavy (non-hydrogen) atoms. The summed E-state index contributed by atoms with van der Waals surface area (Å²) in [5.41, 5.74) is 6.28. The maximum atomic E-state index is 5.43. The van der Waals surface area contributed by atoms with Gasteiger partial charge in [-0.05, 0) is 6.42 Å². The molecule has 0 amide bonds. The van der Waals surface area contributed by atoms with E-state index >= 15 is 0 Å². The van der Waals surface area contributed by atoms with Gasteiger partial charge < -0.3 is 10.5 Å². The molecule has 0 aromatic carbocycles. The third-order valence-electron chi connectivity index (χ3n) is 2.26. The number of halogens is 2. The molecule has 1 aliphatic rings. The van der Waals surface area contributed by atoms with Crippen LogP contribution >= 0.6 is 24.8 Å². The second kappa shape index (κ2) is 7.00. The molecule has 88 valence electrons. The molecule has 1 atom stereocenters. The molecular weight excluding hydrogens is 239 g/mol. The van der Waals surface area contributed by atoms with E-state index in [2.05, 4.69) is 10.3 Å². The Morgan fingerprint density at radius 2 is 2.33 bits per heavy atom. The smallest absolute Gasteiger partial charge is 0.0962 e. The normalized spacial score (nSPS) is 19.4. The summed E-state index contributed by atoms with van der Waals surface area (Å²) in [6, 6.07) is 0. The Morgan fingerprint density at radius 1 is 1.53 bits per heavy atom. The molecule has 1 unspecified atom stereocenters. The van der Waals surface area contributed by atoms with E-state index in [-0.39, 0.29) is 24.8 Å². The predicted molar refractivity (Wildman–Crippen MR) is 61.3 cm³/mol. The summed E-state index contributed by atoms with van der Waals surface area (Å²) >= 11 is 0. The van der Waals surface area contributed by atoms with E-state index < -0.39 is 0 Å². The lowest BCUT2D eigenvalue weighted by atomic mass is 10.1. The highest BCUT2D eigenvalue weighted by molar-refractivity contribution is 5.85. The Bertz CT molecular complexity index is 275. The third kappa shape index (κ3) is 3.95. The lowest BCUT2D eigenvalue weighted by Gasteiger charge is -2.05. The lowest BCUT2D eigenvalue weighted by molar-refractivity contribution is 0.181. The first-order chi connectivity index (χ1) is 6.38. The molecule has 2 rings (SSSR count). The molecule has 1 aromatic heterocycles. The van der Waals surface area contributed by atoms with Crippen LogP contribution in [-0.4, -0.2) is 28.2 Å². The number of ether oxygens (including phenoxy) is 1. The number of hydrogen-bond acceptors (Lipinski definition) is 4. The van der Waals surface area contributed by atoms with Crippen LogP contribution in [0.1, 0.15) is 12.1 Å². The Balaban J connectivity index is 0.000000980. The molecule has 0 aliphatic carbocycles. The molecule has 5 nitrogen and oxygen atoms in total. The van der Waals surface area contributed by atoms with Crippen LogP contribution < -0.4 is 5.73 Å². The highest BCUT2D eigenvalue weighted by atomic mass is 35.5. The van der Waals surface area contributed by atoms with Crippen LogP contribution in [0.25, 0.3) is 0 Å². The van der Waals surface area contributed by atoms with E-state index in [1.54, 1.807) is 0 Å². The van der Waals surface area contributed by atoms with Crippen molar-refractivity contribution in [1.82, 2.24) is 15.0 Å². The van der Waals surface area contributed by atoms with Crippen molar-refractivity contribution in [2.45, 2.75) is 19.5 Å². The van der Waals surface area contributed by atoms with Crippen molar-refractivity contribution in [3.63, 3.8) is 0 Å². The number of nitrogens with zero attached hydrogens (tertiary/aromatic N) is 3. The van der Waals surface area contributed by atoms with Crippen molar-refractivity contribution in [3.05, 3.63) is 11.9 Å². The monoisotopic (exact) mass is 254 g/mol. The summed E-state index contributed by atoms with van der Waals surface area (Å²) in [7, 11) is 0. The Morgan fingerprint density at radius 3 is 2.87 bits per heavy atom. The van der Waals surface area contributed by atoms with E-state index in [9.17, 15) is 0 Å². The Labute approximate surface area is 101 Å². The zero-order valence-corrected chi connectivity index (χ0v) is 9.97. The molecule has 1 aliphatic heterocycles. The number of nitrogens with two attached hydrogens (primary N) is 1. The zero-order chi connectivity index (χ0) is 9.10. The standard InChI is InChI=1S/C8H14N4O.2ClH/c9-3-8-5-12(11-10-8)4-7-1-2-13-6-7;;/h5,7H,1-4,6,9H2;2*1H. The number of aromatic nitrogens is 3. The van der Waals surface area contributed by atoms with Gasteiger partial charge in [-0.15, -0.1) is 29.9 Å². The van der Waals surface area contributed by atoms with Gasteiger partial charge in [0.25, 0.3) is 0 Å². The van der Waals surface area contributed by atoms with E-state index in [4.69, 9.17) is 10.5 Å². The van der Waals surface area contributed by atoms with Crippen molar-refractivity contribution >= 4 is 24.8 Å². The fraction of sp³-hybridized carbons (Fsp3) is 0.750. The first kappa shape index (κ1) is 14.6. The van der Waals surface area contributed by atoms with Gasteiger partial charge in [-0.25, -0.2) is 0 Å². The maximum absolute atomic E-state index is 5.43. The van der Waals surface area contributed by atoms with Crippen molar-refractivity contribution in [2.75, 3.05) is 13.2 Å². The molecule has 0 radical (unpaired) electrons. The molecule has 2 heterocycles. The number of hydrogen-bond donors (Lipinski definition) is 1. The van der Waals surface area contributed by atoms with Crippen molar-refractivity contribution in [2.24, 2.45) is 11.7 Å². The summed E-state index contributed by atoms with van der Waals surface area (Å²) in [5, 5.41) is 7.91. The van der Waals surface area contributed by atoms with Crippen LogP contribution in [0.3, 0.4) is 0 Å². The fourth-order valence-electron chi connectivity index (χ4n) is 1.51. The van der Waals surface area contributed by atoms with Gasteiger partial charge >= 0.3 is 0 Å². The zero-order valence-electron chi connectivity index (χ0n) is 8.33. The molecular formula is C8H16Cl2N4O. The Kier molecular flexibility index (Phi) is 6.84. The van der Waals surface area contributed by atoms with Crippen LogP contribution in [-0.2, 0) is 17.8 Å². The van der Waals surface area contributed by atoms with Gasteiger partial charge in [0, 0.05) is 31.8 Å². The quantitative estimate of drug-likeness (QED) is 0.859. The lowest BCUT2D eigenvalue weighted by Crippen LogP contribution is -2.11. The minimum Gasteiger partial charge on any atom is -0.381 e. The van der Waals surface area contributed by atoms with Gasteiger partial charge in [0.1, 0.15) is 0 Å². The first-order valence-electron chi connectivity index (χ1n) is 4.55. The second-order valence-electron chi connectivity index (χ2n) is 3.37.